The van der Waals surface area contributed by atoms with Gasteiger partial charge in [-0.1, -0.05) is 11.6 Å². The van der Waals surface area contributed by atoms with E-state index in [-0.39, 0.29) is 5.70 Å². The minimum absolute atomic E-state index is 0.321. The lowest BCUT2D eigenvalue weighted by Gasteiger charge is -2.33. The average Bonchev–Trinajstić information content (AvgIpc) is 2.60. The van der Waals surface area contributed by atoms with Crippen LogP contribution in [0.25, 0.3) is 0 Å². The van der Waals surface area contributed by atoms with E-state index in [0.717, 1.165) is 14.0 Å². The number of carboxylic acids is 1. The number of aliphatic carboxylic acids is 1. The quantitative estimate of drug-likeness (QED) is 0.594. The molecule has 0 spiro atoms. The van der Waals surface area contributed by atoms with Gasteiger partial charge in [0, 0.05) is 16.8 Å². The molecule has 0 saturated heterocycles. The first-order chi connectivity index (χ1) is 12.9. The Kier molecular flexibility index (Phi) is 6.03. The van der Waals surface area contributed by atoms with Gasteiger partial charge in [0.25, 0.3) is 0 Å². The van der Waals surface area contributed by atoms with Gasteiger partial charge >= 0.3 is 12.1 Å². The maximum atomic E-state index is 14.6. The number of nitrogens with one attached hydrogen (secondary N) is 1. The second kappa shape index (κ2) is 7.78. The summed E-state index contributed by atoms with van der Waals surface area (Å²) in [6, 6.07) is 1.22. The first kappa shape index (κ1) is 21.7. The summed E-state index contributed by atoms with van der Waals surface area (Å²) in [5.41, 5.74) is -5.53. The van der Waals surface area contributed by atoms with E-state index in [9.17, 15) is 36.6 Å². The number of allylic oxidation sites excluding steroid dienone is 2. The van der Waals surface area contributed by atoms with E-state index in [2.05, 4.69) is 10.1 Å². The second-order valence-corrected chi connectivity index (χ2v) is 6.12. The van der Waals surface area contributed by atoms with Gasteiger partial charge < -0.3 is 20.0 Å². The minimum atomic E-state index is -5.21. The van der Waals surface area contributed by atoms with Crippen LogP contribution in [0.5, 0.6) is 0 Å². The normalized spacial score (nSPS) is 17.5. The van der Waals surface area contributed by atoms with E-state index in [1.165, 1.54) is 0 Å². The van der Waals surface area contributed by atoms with E-state index in [4.69, 9.17) is 11.6 Å². The monoisotopic (exact) mass is 424 g/mol. The average molecular weight is 425 g/mol. The molecule has 0 aromatic heterocycles. The molecule has 0 amide bonds. The number of dihydropyridines is 1. The molecule has 1 unspecified atom stereocenters. The lowest BCUT2D eigenvalue weighted by Crippen LogP contribution is -2.39. The number of carbonyl (C=O) groups is 2. The Labute approximate surface area is 160 Å². The van der Waals surface area contributed by atoms with Gasteiger partial charge in [0.15, 0.2) is 0 Å². The number of alkyl halides is 4. The number of hydrogen-bond donors (Lipinski definition) is 1. The van der Waals surface area contributed by atoms with Crippen LogP contribution in [0.4, 0.5) is 22.0 Å². The predicted octanol–water partition coefficient (Wildman–Crippen LogP) is 2.61. The van der Waals surface area contributed by atoms with Crippen molar-refractivity contribution in [3.63, 3.8) is 0 Å². The zero-order valence-corrected chi connectivity index (χ0v) is 15.1. The van der Waals surface area contributed by atoms with Crippen molar-refractivity contribution >= 4 is 23.5 Å². The molecule has 1 aromatic carbocycles. The Hall–Kier alpha value is -2.62. The predicted molar refractivity (Wildman–Crippen MR) is 85.0 cm³/mol. The summed E-state index contributed by atoms with van der Waals surface area (Å²) in [6.07, 6.45) is -5.21. The van der Waals surface area contributed by atoms with Crippen LogP contribution in [0.15, 0.2) is 34.7 Å². The van der Waals surface area contributed by atoms with Gasteiger partial charge in [0.05, 0.1) is 40.9 Å². The molecule has 0 fully saturated rings. The molecule has 0 radical (unpaired) electrons. The molecule has 1 aromatic rings. The molecule has 28 heavy (non-hydrogen) atoms. The summed E-state index contributed by atoms with van der Waals surface area (Å²) in [7, 11) is 0.852. The Morgan fingerprint density at radius 1 is 1.29 bits per heavy atom. The minimum Gasteiger partial charge on any atom is -0.545 e. The molecule has 2 rings (SSSR count). The fourth-order valence-corrected chi connectivity index (χ4v) is 3.32. The summed E-state index contributed by atoms with van der Waals surface area (Å²) < 4.78 is 73.3. The largest absolute Gasteiger partial charge is 0.545 e. The number of methoxy groups -OCH3 is 1. The van der Waals surface area contributed by atoms with Crippen molar-refractivity contribution in [1.29, 1.82) is 0 Å². The van der Waals surface area contributed by atoms with Crippen LogP contribution in [0.3, 0.4) is 0 Å². The summed E-state index contributed by atoms with van der Waals surface area (Å²) >= 11 is 5.61. The third-order valence-electron chi connectivity index (χ3n) is 4.12. The first-order valence-corrected chi connectivity index (χ1v) is 7.95. The highest BCUT2D eigenvalue weighted by Crippen LogP contribution is 2.47. The van der Waals surface area contributed by atoms with Crippen LogP contribution in [0.2, 0.25) is 5.02 Å². The van der Waals surface area contributed by atoms with Crippen molar-refractivity contribution in [2.45, 2.75) is 19.0 Å². The molecule has 1 heterocycles. The van der Waals surface area contributed by atoms with Crippen molar-refractivity contribution in [3.8, 4) is 0 Å². The number of rotatable bonds is 4. The number of halogens is 6. The van der Waals surface area contributed by atoms with Crippen molar-refractivity contribution in [3.05, 3.63) is 56.6 Å². The van der Waals surface area contributed by atoms with Crippen molar-refractivity contribution < 1.29 is 41.4 Å². The SMILES string of the molecule is COC(=O)C1=C(CF)NC(C)=C(C(=O)[O-])C1c1c(F)ccc(Cl)c1C(F)(F)F. The first-order valence-electron chi connectivity index (χ1n) is 7.57. The third kappa shape index (κ3) is 3.68. The van der Waals surface area contributed by atoms with E-state index in [1.807, 2.05) is 0 Å². The van der Waals surface area contributed by atoms with E-state index in [0.29, 0.717) is 12.1 Å². The van der Waals surface area contributed by atoms with Gasteiger partial charge in [0.1, 0.15) is 12.5 Å². The van der Waals surface area contributed by atoms with Gasteiger partial charge in [-0.3, -0.25) is 0 Å². The maximum absolute atomic E-state index is 14.6. The standard InChI is InChI=1S/C17H13ClF5NO4/c1-6-10(15(25)26)13(12(16(27)28-2)9(5-19)24-6)11-8(20)4-3-7(18)14(11)17(21,22)23/h3-4,13,24H,5H2,1-2H3,(H,25,26)/p-1. The zero-order valence-electron chi connectivity index (χ0n) is 14.3. The fourth-order valence-electron chi connectivity index (χ4n) is 3.05. The molecule has 1 aliphatic heterocycles. The molecule has 152 valence electrons. The van der Waals surface area contributed by atoms with Gasteiger partial charge in [0.2, 0.25) is 0 Å². The molecule has 0 saturated carbocycles. The zero-order chi connectivity index (χ0) is 21.4. The topological polar surface area (TPSA) is 78.5 Å². The molecular formula is C17H12ClF5NO4-. The van der Waals surface area contributed by atoms with Gasteiger partial charge in [-0.25, -0.2) is 13.6 Å². The molecule has 11 heteroatoms. The molecule has 5 nitrogen and oxygen atoms in total. The number of esters is 1. The van der Waals surface area contributed by atoms with Crippen LogP contribution < -0.4 is 10.4 Å². The smallest absolute Gasteiger partial charge is 0.418 e. The summed E-state index contributed by atoms with van der Waals surface area (Å²) in [5, 5.41) is 13.0. The lowest BCUT2D eigenvalue weighted by molar-refractivity contribution is -0.299. The second-order valence-electron chi connectivity index (χ2n) is 5.72. The Morgan fingerprint density at radius 3 is 2.36 bits per heavy atom. The Balaban J connectivity index is 3.01. The molecule has 0 aliphatic carbocycles. The number of carboxylic acid groups (broad SMARTS) is 1. The van der Waals surface area contributed by atoms with Crippen molar-refractivity contribution in [1.82, 2.24) is 5.32 Å². The van der Waals surface area contributed by atoms with Crippen molar-refractivity contribution in [2.75, 3.05) is 13.8 Å². The molecule has 1 N–H and O–H groups in total. The van der Waals surface area contributed by atoms with Gasteiger partial charge in [-0.15, -0.1) is 0 Å². The Morgan fingerprint density at radius 2 is 1.89 bits per heavy atom. The fraction of sp³-hybridized carbons (Fsp3) is 0.294. The van der Waals surface area contributed by atoms with Crippen molar-refractivity contribution in [2.24, 2.45) is 0 Å². The van der Waals surface area contributed by atoms with Gasteiger partial charge in [-0.05, 0) is 19.1 Å². The lowest BCUT2D eigenvalue weighted by atomic mass is 9.78. The van der Waals surface area contributed by atoms with E-state index >= 15 is 0 Å². The number of benzene rings is 1. The van der Waals surface area contributed by atoms with Crippen LogP contribution in [-0.2, 0) is 20.5 Å². The van der Waals surface area contributed by atoms with Crippen LogP contribution in [0, 0.1) is 5.82 Å². The summed E-state index contributed by atoms with van der Waals surface area (Å²) in [4.78, 5) is 23.8. The molecule has 1 atom stereocenters. The summed E-state index contributed by atoms with van der Waals surface area (Å²) in [5.74, 6) is -6.99. The number of ether oxygens (including phenoxy) is 1. The summed E-state index contributed by atoms with van der Waals surface area (Å²) in [6.45, 7) is -0.278. The van der Waals surface area contributed by atoms with E-state index < -0.39 is 69.5 Å². The Bertz CT molecular complexity index is 908. The molecule has 0 bridgehead atoms. The number of carbonyl (C=O) groups excluding carboxylic acids is 2. The van der Waals surface area contributed by atoms with Crippen LogP contribution >= 0.6 is 11.6 Å². The molecule has 1 aliphatic rings. The van der Waals surface area contributed by atoms with Crippen LogP contribution in [0.1, 0.15) is 24.0 Å². The number of hydrogen-bond acceptors (Lipinski definition) is 5. The highest BCUT2D eigenvalue weighted by Gasteiger charge is 2.44. The van der Waals surface area contributed by atoms with Gasteiger partial charge in [-0.2, -0.15) is 13.2 Å². The third-order valence-corrected chi connectivity index (χ3v) is 4.43. The highest BCUT2D eigenvalue weighted by molar-refractivity contribution is 6.31. The van der Waals surface area contributed by atoms with Crippen LogP contribution in [-0.4, -0.2) is 25.7 Å². The highest BCUT2D eigenvalue weighted by atomic mass is 35.5. The molecular weight excluding hydrogens is 413 g/mol. The van der Waals surface area contributed by atoms with E-state index in [1.54, 1.807) is 0 Å². The maximum Gasteiger partial charge on any atom is 0.418 e.